The summed E-state index contributed by atoms with van der Waals surface area (Å²) in [4.78, 5) is 15.6. The zero-order chi connectivity index (χ0) is 20.7. The van der Waals surface area contributed by atoms with Crippen LogP contribution in [0.2, 0.25) is 0 Å². The van der Waals surface area contributed by atoms with Crippen molar-refractivity contribution in [3.05, 3.63) is 71.5 Å². The Morgan fingerprint density at radius 2 is 1.77 bits per heavy atom. The summed E-state index contributed by atoms with van der Waals surface area (Å²) in [6.45, 7) is 0.994. The van der Waals surface area contributed by atoms with E-state index in [0.29, 0.717) is 18.8 Å². The Hall–Kier alpha value is -2.55. The van der Waals surface area contributed by atoms with E-state index in [4.69, 9.17) is 0 Å². The smallest absolute Gasteiger partial charge is 0.272 e. The summed E-state index contributed by atoms with van der Waals surface area (Å²) >= 11 is 1.75. The van der Waals surface area contributed by atoms with Gasteiger partial charge in [0.15, 0.2) is 0 Å². The number of fused-ring (bicyclic) bond motifs is 3. The van der Waals surface area contributed by atoms with Crippen molar-refractivity contribution in [3.63, 3.8) is 0 Å². The number of aromatic nitrogens is 1. The van der Waals surface area contributed by atoms with Crippen molar-refractivity contribution >= 4 is 33.4 Å². The summed E-state index contributed by atoms with van der Waals surface area (Å²) in [5.41, 5.74) is 5.80. The molecule has 0 radical (unpaired) electrons. The molecule has 1 aromatic heterocycles. The van der Waals surface area contributed by atoms with Gasteiger partial charge in [-0.3, -0.25) is 4.79 Å². The number of rotatable bonds is 4. The third-order valence-corrected chi connectivity index (χ3v) is 8.38. The van der Waals surface area contributed by atoms with E-state index >= 15 is 0 Å². The number of carbonyl (C=O) groups is 1. The second kappa shape index (κ2) is 7.61. The Labute approximate surface area is 179 Å². The fourth-order valence-electron chi connectivity index (χ4n) is 4.01. The molecule has 1 amide bonds. The van der Waals surface area contributed by atoms with Gasteiger partial charge in [0.25, 0.3) is 5.91 Å². The lowest BCUT2D eigenvalue weighted by atomic mass is 10.1. The van der Waals surface area contributed by atoms with Gasteiger partial charge in [-0.25, -0.2) is 8.42 Å². The van der Waals surface area contributed by atoms with Crippen LogP contribution in [0.5, 0.6) is 0 Å². The molecule has 0 atom stereocenters. The SMILES string of the molecule is O=C(Nc1ccc2c(c1)Cc1ccccc1-2)c1cc(S(=O)(=O)N2CCSCC2)c[nH]1. The molecule has 1 aliphatic heterocycles. The van der Waals surface area contributed by atoms with E-state index in [9.17, 15) is 13.2 Å². The van der Waals surface area contributed by atoms with Crippen molar-refractivity contribution < 1.29 is 13.2 Å². The normalized spacial score (nSPS) is 16.1. The van der Waals surface area contributed by atoms with Crippen LogP contribution in [0, 0.1) is 0 Å². The Kier molecular flexibility index (Phi) is 4.92. The van der Waals surface area contributed by atoms with Gasteiger partial charge in [0.1, 0.15) is 10.6 Å². The first-order chi connectivity index (χ1) is 14.5. The molecule has 5 rings (SSSR count). The second-order valence-corrected chi connectivity index (χ2v) is 10.6. The Morgan fingerprint density at radius 1 is 1.00 bits per heavy atom. The molecule has 1 aliphatic carbocycles. The molecular weight excluding hydrogens is 418 g/mol. The van der Waals surface area contributed by atoms with Crippen LogP contribution in [-0.4, -0.2) is 48.2 Å². The number of hydrogen-bond donors (Lipinski definition) is 2. The van der Waals surface area contributed by atoms with E-state index in [-0.39, 0.29) is 16.5 Å². The van der Waals surface area contributed by atoms with E-state index in [1.165, 1.54) is 38.8 Å². The standard InChI is InChI=1S/C22H21N3O3S2/c26-22(21-13-18(14-23-21)30(27,28)25-7-9-29-10-8-25)24-17-5-6-20-16(12-17)11-15-3-1-2-4-19(15)20/h1-6,12-14,23H,7-11H2,(H,24,26). The van der Waals surface area contributed by atoms with Crippen molar-refractivity contribution in [2.75, 3.05) is 29.9 Å². The number of nitrogens with one attached hydrogen (secondary N) is 2. The van der Waals surface area contributed by atoms with Crippen molar-refractivity contribution in [1.82, 2.24) is 9.29 Å². The lowest BCUT2D eigenvalue weighted by Crippen LogP contribution is -2.37. The van der Waals surface area contributed by atoms with Crippen LogP contribution in [-0.2, 0) is 16.4 Å². The summed E-state index contributed by atoms with van der Waals surface area (Å²) in [6.07, 6.45) is 2.24. The fraction of sp³-hybridized carbons (Fsp3) is 0.227. The van der Waals surface area contributed by atoms with E-state index in [2.05, 4.69) is 22.4 Å². The topological polar surface area (TPSA) is 82.3 Å². The van der Waals surface area contributed by atoms with Gasteiger partial charge in [-0.15, -0.1) is 0 Å². The summed E-state index contributed by atoms with van der Waals surface area (Å²) < 4.78 is 27.0. The molecule has 30 heavy (non-hydrogen) atoms. The molecule has 0 saturated carbocycles. The predicted octanol–water partition coefficient (Wildman–Crippen LogP) is 3.58. The number of aromatic amines is 1. The van der Waals surface area contributed by atoms with Gasteiger partial charge in [0, 0.05) is 36.5 Å². The lowest BCUT2D eigenvalue weighted by Gasteiger charge is -2.24. The number of anilines is 1. The molecule has 0 unspecified atom stereocenters. The third-order valence-electron chi connectivity index (χ3n) is 5.56. The average Bonchev–Trinajstić information content (AvgIpc) is 3.40. The number of hydrogen-bond acceptors (Lipinski definition) is 4. The van der Waals surface area contributed by atoms with Crippen LogP contribution in [0.25, 0.3) is 11.1 Å². The van der Waals surface area contributed by atoms with Crippen LogP contribution in [0.1, 0.15) is 21.6 Å². The molecule has 2 aliphatic rings. The number of amides is 1. The van der Waals surface area contributed by atoms with E-state index in [0.717, 1.165) is 17.9 Å². The zero-order valence-electron chi connectivity index (χ0n) is 16.2. The van der Waals surface area contributed by atoms with Gasteiger partial charge >= 0.3 is 0 Å². The quantitative estimate of drug-likeness (QED) is 0.509. The third kappa shape index (κ3) is 3.45. The maximum absolute atomic E-state index is 12.8. The molecule has 0 spiro atoms. The van der Waals surface area contributed by atoms with E-state index in [1.54, 1.807) is 11.8 Å². The molecule has 2 heterocycles. The van der Waals surface area contributed by atoms with Crippen LogP contribution in [0.4, 0.5) is 5.69 Å². The van der Waals surface area contributed by atoms with Crippen LogP contribution < -0.4 is 5.32 Å². The minimum Gasteiger partial charge on any atom is -0.356 e. The Morgan fingerprint density at radius 3 is 2.60 bits per heavy atom. The first kappa shape index (κ1) is 19.4. The monoisotopic (exact) mass is 439 g/mol. The molecule has 2 N–H and O–H groups in total. The number of carbonyl (C=O) groups excluding carboxylic acids is 1. The minimum atomic E-state index is -3.58. The van der Waals surface area contributed by atoms with Crippen molar-refractivity contribution in [2.45, 2.75) is 11.3 Å². The molecule has 1 saturated heterocycles. The van der Waals surface area contributed by atoms with E-state index < -0.39 is 10.0 Å². The largest absolute Gasteiger partial charge is 0.356 e. The summed E-state index contributed by atoms with van der Waals surface area (Å²) in [6, 6.07) is 15.6. The molecule has 2 aromatic carbocycles. The number of thioether (sulfide) groups is 1. The number of benzene rings is 2. The molecule has 0 bridgehead atoms. The van der Waals surface area contributed by atoms with Gasteiger partial charge in [0.05, 0.1) is 0 Å². The first-order valence-corrected chi connectivity index (χ1v) is 12.4. The van der Waals surface area contributed by atoms with Crippen molar-refractivity contribution in [1.29, 1.82) is 0 Å². The highest BCUT2D eigenvalue weighted by Crippen LogP contribution is 2.37. The van der Waals surface area contributed by atoms with Gasteiger partial charge in [-0.2, -0.15) is 16.1 Å². The van der Waals surface area contributed by atoms with Gasteiger partial charge in [-0.1, -0.05) is 30.3 Å². The molecule has 154 valence electrons. The first-order valence-electron chi connectivity index (χ1n) is 9.81. The Bertz CT molecular complexity index is 1230. The molecule has 8 heteroatoms. The zero-order valence-corrected chi connectivity index (χ0v) is 17.9. The van der Waals surface area contributed by atoms with E-state index in [1.807, 2.05) is 30.3 Å². The lowest BCUT2D eigenvalue weighted by molar-refractivity contribution is 0.102. The summed E-state index contributed by atoms with van der Waals surface area (Å²) in [5.74, 6) is 1.22. The van der Waals surface area contributed by atoms with Gasteiger partial charge in [-0.05, 0) is 46.9 Å². The van der Waals surface area contributed by atoms with Crippen molar-refractivity contribution in [3.8, 4) is 11.1 Å². The number of nitrogens with zero attached hydrogens (tertiary/aromatic N) is 1. The predicted molar refractivity (Wildman–Crippen MR) is 120 cm³/mol. The Balaban J connectivity index is 1.33. The van der Waals surface area contributed by atoms with Gasteiger partial charge < -0.3 is 10.3 Å². The molecule has 3 aromatic rings. The average molecular weight is 440 g/mol. The maximum Gasteiger partial charge on any atom is 0.272 e. The summed E-state index contributed by atoms with van der Waals surface area (Å²) in [5, 5.41) is 2.88. The molecule has 1 fully saturated rings. The van der Waals surface area contributed by atoms with Crippen LogP contribution in [0.3, 0.4) is 0 Å². The summed E-state index contributed by atoms with van der Waals surface area (Å²) in [7, 11) is -3.58. The highest BCUT2D eigenvalue weighted by molar-refractivity contribution is 7.99. The van der Waals surface area contributed by atoms with Crippen LogP contribution in [0.15, 0.2) is 59.6 Å². The maximum atomic E-state index is 12.8. The minimum absolute atomic E-state index is 0.129. The second-order valence-electron chi connectivity index (χ2n) is 7.43. The highest BCUT2D eigenvalue weighted by atomic mass is 32.2. The molecule has 6 nitrogen and oxygen atoms in total. The molecular formula is C22H21N3O3S2. The van der Waals surface area contributed by atoms with Crippen molar-refractivity contribution in [2.24, 2.45) is 0 Å². The number of sulfonamides is 1. The number of H-pyrrole nitrogens is 1. The van der Waals surface area contributed by atoms with Gasteiger partial charge in [0.2, 0.25) is 10.0 Å². The highest BCUT2D eigenvalue weighted by Gasteiger charge is 2.28. The fourth-order valence-corrected chi connectivity index (χ4v) is 6.58. The van der Waals surface area contributed by atoms with Crippen LogP contribution >= 0.6 is 11.8 Å².